The molecule has 2 aliphatic rings. The van der Waals surface area contributed by atoms with Crippen molar-refractivity contribution in [1.29, 1.82) is 0 Å². The first-order chi connectivity index (χ1) is 27.5. The van der Waals surface area contributed by atoms with Gasteiger partial charge in [0, 0.05) is 43.6 Å². The smallest absolute Gasteiger partial charge is 0.303 e. The maximum absolute atomic E-state index is 14.4. The van der Waals surface area contributed by atoms with E-state index in [-0.39, 0.29) is 42.5 Å². The largest absolute Gasteiger partial charge is 0.460 e. The van der Waals surface area contributed by atoms with Crippen LogP contribution in [0.4, 0.5) is 8.78 Å². The monoisotopic (exact) mass is 818 g/mol. The summed E-state index contributed by atoms with van der Waals surface area (Å²) < 4.78 is 47.4. The van der Waals surface area contributed by atoms with E-state index in [1.54, 1.807) is 12.1 Å². The fourth-order valence-electron chi connectivity index (χ4n) is 7.58. The molecule has 0 saturated carbocycles. The van der Waals surface area contributed by atoms with E-state index in [0.29, 0.717) is 46.5 Å². The second-order valence-electron chi connectivity index (χ2n) is 17.1. The molecule has 0 unspecified atom stereocenters. The summed E-state index contributed by atoms with van der Waals surface area (Å²) in [6.45, 7) is 19.3. The highest BCUT2D eigenvalue weighted by Crippen LogP contribution is 2.30. The number of rotatable bonds is 8. The van der Waals surface area contributed by atoms with Gasteiger partial charge in [0.15, 0.2) is 0 Å². The summed E-state index contributed by atoms with van der Waals surface area (Å²) in [4.78, 5) is 23.8. The first-order valence-corrected chi connectivity index (χ1v) is 20.0. The van der Waals surface area contributed by atoms with Gasteiger partial charge in [-0.3, -0.25) is 4.79 Å². The lowest BCUT2D eigenvalue weighted by atomic mass is 10.1. The fourth-order valence-corrected chi connectivity index (χ4v) is 7.58. The number of hydrogen-bond donors (Lipinski definition) is 0. The summed E-state index contributed by atoms with van der Waals surface area (Å²) in [5.41, 5.74) is 2.14. The zero-order valence-corrected chi connectivity index (χ0v) is 35.3. The first kappa shape index (κ1) is 45.0. The molecule has 0 N–H and O–H groups in total. The molecule has 14 nitrogen and oxygen atoms in total. The van der Waals surface area contributed by atoms with Crippen LogP contribution in [0.2, 0.25) is 0 Å². The molecule has 2 aromatic carbocycles. The van der Waals surface area contributed by atoms with Crippen LogP contribution in [0, 0.1) is 23.5 Å². The number of fused-ring (bicyclic) bond motifs is 2. The van der Waals surface area contributed by atoms with Gasteiger partial charge in [-0.2, -0.15) is 29.5 Å². The molecule has 0 spiro atoms. The van der Waals surface area contributed by atoms with E-state index in [1.165, 1.54) is 28.4 Å². The lowest BCUT2D eigenvalue weighted by molar-refractivity contribution is -0.151. The second kappa shape index (κ2) is 18.9. The Morgan fingerprint density at radius 1 is 0.763 bits per heavy atom. The third kappa shape index (κ3) is 10.9. The van der Waals surface area contributed by atoms with E-state index >= 15 is 0 Å². The molecule has 16 heteroatoms. The molecule has 4 aromatic heterocycles. The number of esters is 1. The van der Waals surface area contributed by atoms with Crippen LogP contribution < -0.4 is 0 Å². The molecule has 2 atom stereocenters. The normalized spacial score (nSPS) is 17.3. The molecular formula is C43H60F2N10O4. The van der Waals surface area contributed by atoms with Crippen molar-refractivity contribution in [3.63, 3.8) is 0 Å². The number of carbonyl (C=O) groups excluding carboxylic acids is 1. The predicted octanol–water partition coefficient (Wildman–Crippen LogP) is 8.31. The number of hydrogen-bond acceptors (Lipinski definition) is 12. The number of ether oxygens (including phenoxy) is 1. The highest BCUT2D eigenvalue weighted by Gasteiger charge is 2.26. The molecule has 6 heterocycles. The molecule has 6 aromatic rings. The van der Waals surface area contributed by atoms with Crippen LogP contribution in [0.3, 0.4) is 0 Å². The minimum Gasteiger partial charge on any atom is -0.460 e. The zero-order chi connectivity index (χ0) is 41.9. The number of carbonyl (C=O) groups is 1. The van der Waals surface area contributed by atoms with Crippen molar-refractivity contribution >= 4 is 27.8 Å². The molecule has 0 bridgehead atoms. The molecule has 0 radical (unpaired) electrons. The van der Waals surface area contributed by atoms with Crippen molar-refractivity contribution in [2.45, 2.75) is 106 Å². The lowest BCUT2D eigenvalue weighted by Gasteiger charge is -2.17. The van der Waals surface area contributed by atoms with Crippen LogP contribution in [-0.2, 0) is 22.4 Å². The third-order valence-electron chi connectivity index (χ3n) is 10.1. The van der Waals surface area contributed by atoms with Crippen molar-refractivity contribution in [1.82, 2.24) is 49.6 Å². The van der Waals surface area contributed by atoms with Crippen molar-refractivity contribution in [3.8, 4) is 11.9 Å². The first-order valence-electron chi connectivity index (χ1n) is 20.0. The van der Waals surface area contributed by atoms with Gasteiger partial charge in [0.2, 0.25) is 11.8 Å². The van der Waals surface area contributed by atoms with Crippen molar-refractivity contribution < 1.29 is 27.4 Å². The Bertz CT molecular complexity index is 2170. The average Bonchev–Trinajstić information content (AvgIpc) is 3.98. The van der Waals surface area contributed by atoms with E-state index in [2.05, 4.69) is 54.4 Å². The highest BCUT2D eigenvalue weighted by molar-refractivity contribution is 5.85. The topological polar surface area (TPSA) is 146 Å². The summed E-state index contributed by atoms with van der Waals surface area (Å²) in [7, 11) is 4.23. The molecule has 2 aliphatic heterocycles. The summed E-state index contributed by atoms with van der Waals surface area (Å²) in [5, 5.41) is 18.8. The van der Waals surface area contributed by atoms with Gasteiger partial charge in [0.05, 0.1) is 11.4 Å². The predicted molar refractivity (Wildman–Crippen MR) is 223 cm³/mol. The van der Waals surface area contributed by atoms with Gasteiger partial charge in [0.1, 0.15) is 28.3 Å². The summed E-state index contributed by atoms with van der Waals surface area (Å²) in [6.07, 6.45) is 3.75. The Hall–Kier alpha value is -5.09. The van der Waals surface area contributed by atoms with E-state index in [0.717, 1.165) is 74.0 Å². The number of halogens is 2. The van der Waals surface area contributed by atoms with Crippen molar-refractivity contribution in [2.75, 3.05) is 40.3 Å². The molecule has 2 fully saturated rings. The van der Waals surface area contributed by atoms with Gasteiger partial charge in [-0.25, -0.2) is 8.78 Å². The molecule has 2 saturated heterocycles. The Morgan fingerprint density at radius 2 is 1.17 bits per heavy atom. The molecule has 0 aliphatic carbocycles. The number of likely N-dealkylation sites (tertiary alicyclic amines) is 2. The highest BCUT2D eigenvalue weighted by atomic mass is 19.1. The summed E-state index contributed by atoms with van der Waals surface area (Å²) in [6, 6.07) is 10.0. The van der Waals surface area contributed by atoms with Crippen LogP contribution in [-0.4, -0.2) is 101 Å². The molecule has 320 valence electrons. The number of benzene rings is 2. The maximum atomic E-state index is 14.4. The second-order valence-corrected chi connectivity index (χ2v) is 17.1. The minimum absolute atomic E-state index is 0. The van der Waals surface area contributed by atoms with Crippen LogP contribution in [0.15, 0.2) is 45.4 Å². The molecular weight excluding hydrogens is 759 g/mol. The fraction of sp³-hybridized carbons (Fsp3) is 0.558. The quantitative estimate of drug-likeness (QED) is 0.136. The van der Waals surface area contributed by atoms with Gasteiger partial charge in [-0.1, -0.05) is 59.4 Å². The van der Waals surface area contributed by atoms with Gasteiger partial charge in [-0.05, 0) is 107 Å². The lowest BCUT2D eigenvalue weighted by Crippen LogP contribution is -2.21. The number of aromatic nitrogens is 8. The van der Waals surface area contributed by atoms with E-state index in [9.17, 15) is 13.6 Å². The van der Waals surface area contributed by atoms with Crippen molar-refractivity contribution in [3.05, 3.63) is 71.2 Å². The molecule has 0 amide bonds. The van der Waals surface area contributed by atoms with Gasteiger partial charge in [0.25, 0.3) is 11.9 Å². The van der Waals surface area contributed by atoms with Crippen molar-refractivity contribution in [2.24, 2.45) is 11.8 Å². The minimum atomic E-state index is -0.333. The standard InChI is InChI=1S/2C18H22FN5O.C6H12O2.CH4/c2*1-11(2)16-13-5-4-6-14(19)17(13)24(21-16)18-20-15(25-22-18)9-12-7-8-23(3)10-12;1-5(7)8-6(2,3)4;/h2*4-6,11-12H,7-10H2,1-3H3;1-4H3;1H4/t2*12-;;/m11../s1. The Labute approximate surface area is 345 Å². The average molecular weight is 819 g/mol. The molecule has 8 rings (SSSR count). The third-order valence-corrected chi connectivity index (χ3v) is 10.1. The SMILES string of the molecule is C.CC(=O)OC(C)(C)C.CC(C)c1nn(-c2noc(C[C@H]3CCN(C)C3)n2)c2c(F)cccc12.CC(C)c1nn(-c2noc(C[C@H]3CCN(C)C3)n2)c2c(F)cccc12. The van der Waals surface area contributed by atoms with E-state index in [4.69, 9.17) is 13.8 Å². The van der Waals surface area contributed by atoms with Gasteiger partial charge >= 0.3 is 5.97 Å². The van der Waals surface area contributed by atoms with Crippen LogP contribution in [0.25, 0.3) is 33.7 Å². The van der Waals surface area contributed by atoms with E-state index in [1.807, 2.05) is 60.6 Å². The Balaban J connectivity index is 0.000000187. The molecule has 59 heavy (non-hydrogen) atoms. The summed E-state index contributed by atoms with van der Waals surface area (Å²) >= 11 is 0. The maximum Gasteiger partial charge on any atom is 0.303 e. The Morgan fingerprint density at radius 3 is 1.47 bits per heavy atom. The van der Waals surface area contributed by atoms with Gasteiger partial charge in [-0.15, -0.1) is 0 Å². The Kier molecular flexibility index (Phi) is 14.4. The van der Waals surface area contributed by atoms with Crippen LogP contribution in [0.1, 0.15) is 111 Å². The number of nitrogens with zero attached hydrogens (tertiary/aromatic N) is 10. The van der Waals surface area contributed by atoms with Crippen LogP contribution >= 0.6 is 0 Å². The zero-order valence-electron chi connectivity index (χ0n) is 35.3. The van der Waals surface area contributed by atoms with Crippen LogP contribution in [0.5, 0.6) is 0 Å². The van der Waals surface area contributed by atoms with E-state index < -0.39 is 0 Å². The summed E-state index contributed by atoms with van der Waals surface area (Å²) in [5.74, 6) is 2.26. The number of para-hydroxylation sites is 2. The van der Waals surface area contributed by atoms with Gasteiger partial charge < -0.3 is 23.6 Å².